The van der Waals surface area contributed by atoms with Crippen LogP contribution in [-0.4, -0.2) is 40.4 Å². The lowest BCUT2D eigenvalue weighted by Crippen LogP contribution is -2.59. The summed E-state index contributed by atoms with van der Waals surface area (Å²) >= 11 is 6.37. The normalized spacial score (nSPS) is 20.4. The van der Waals surface area contributed by atoms with Gasteiger partial charge in [0.2, 0.25) is 0 Å². The zero-order valence-electron chi connectivity index (χ0n) is 13.1. The minimum atomic E-state index is 0.0881. The van der Waals surface area contributed by atoms with Gasteiger partial charge < -0.3 is 10.6 Å². The van der Waals surface area contributed by atoms with Crippen molar-refractivity contribution in [1.29, 1.82) is 0 Å². The van der Waals surface area contributed by atoms with Crippen molar-refractivity contribution in [2.75, 3.05) is 14.1 Å². The molecule has 1 heterocycles. The van der Waals surface area contributed by atoms with Crippen LogP contribution in [0.15, 0.2) is 0 Å². The minimum absolute atomic E-state index is 0.0881. The number of nitrogens with two attached hydrogens (primary N) is 1. The molecule has 2 N–H and O–H groups in total. The van der Waals surface area contributed by atoms with Crippen molar-refractivity contribution in [2.24, 2.45) is 12.8 Å². The van der Waals surface area contributed by atoms with E-state index >= 15 is 0 Å². The molecule has 2 rings (SSSR count). The molecular formula is C15H27ClN4. The van der Waals surface area contributed by atoms with Crippen molar-refractivity contribution in [2.45, 2.75) is 57.0 Å². The van der Waals surface area contributed by atoms with Gasteiger partial charge in [-0.25, -0.2) is 0 Å². The molecule has 114 valence electrons. The summed E-state index contributed by atoms with van der Waals surface area (Å²) in [5, 5.41) is 5.16. The molecule has 1 aromatic heterocycles. The average molecular weight is 299 g/mol. The van der Waals surface area contributed by atoms with Crippen LogP contribution in [0.3, 0.4) is 0 Å². The average Bonchev–Trinajstić information content (AvgIpc) is 2.66. The van der Waals surface area contributed by atoms with Crippen molar-refractivity contribution in [1.82, 2.24) is 14.7 Å². The van der Waals surface area contributed by atoms with Crippen molar-refractivity contribution in [3.8, 4) is 0 Å². The minimum Gasteiger partial charge on any atom is -0.326 e. The Hall–Kier alpha value is -0.580. The summed E-state index contributed by atoms with van der Waals surface area (Å²) in [5.41, 5.74) is 8.67. The first-order valence-corrected chi connectivity index (χ1v) is 7.87. The maximum Gasteiger partial charge on any atom is 0.0847 e. The lowest BCUT2D eigenvalue weighted by molar-refractivity contribution is 0.0709. The van der Waals surface area contributed by atoms with Crippen molar-refractivity contribution >= 4 is 11.6 Å². The molecule has 4 nitrogen and oxygen atoms in total. The van der Waals surface area contributed by atoms with Crippen LogP contribution >= 0.6 is 11.6 Å². The van der Waals surface area contributed by atoms with E-state index in [1.807, 2.05) is 18.7 Å². The molecule has 1 aliphatic carbocycles. The molecule has 1 aliphatic rings. The van der Waals surface area contributed by atoms with Gasteiger partial charge in [-0.3, -0.25) is 4.68 Å². The number of rotatable bonds is 4. The number of hydrogen-bond donors (Lipinski definition) is 1. The third-order valence-electron chi connectivity index (χ3n) is 4.98. The summed E-state index contributed by atoms with van der Waals surface area (Å²) in [4.78, 5) is 2.33. The number of halogens is 1. The summed E-state index contributed by atoms with van der Waals surface area (Å²) in [5.74, 6) is 0. The molecule has 1 atom stereocenters. The highest BCUT2D eigenvalue weighted by atomic mass is 35.5. The highest BCUT2D eigenvalue weighted by molar-refractivity contribution is 6.31. The predicted molar refractivity (Wildman–Crippen MR) is 84.1 cm³/mol. The maximum atomic E-state index is 6.62. The molecule has 0 spiro atoms. The highest BCUT2D eigenvalue weighted by Crippen LogP contribution is 2.36. The molecule has 20 heavy (non-hydrogen) atoms. The zero-order valence-corrected chi connectivity index (χ0v) is 13.9. The molecule has 1 unspecified atom stereocenters. The van der Waals surface area contributed by atoms with Crippen LogP contribution < -0.4 is 5.73 Å². The Bertz CT molecular complexity index is 461. The Kier molecular flexibility index (Phi) is 4.77. The SMILES string of the molecule is Cc1nn(C)c(CC(N)C2(N(C)C)CCCCC2)c1Cl. The van der Waals surface area contributed by atoms with E-state index in [0.29, 0.717) is 0 Å². The second kappa shape index (κ2) is 6.04. The van der Waals surface area contributed by atoms with E-state index in [1.54, 1.807) is 0 Å². The van der Waals surface area contributed by atoms with Crippen LogP contribution in [0.4, 0.5) is 0 Å². The van der Waals surface area contributed by atoms with E-state index in [2.05, 4.69) is 24.1 Å². The number of nitrogens with zero attached hydrogens (tertiary/aromatic N) is 3. The number of aromatic nitrogens is 2. The molecule has 0 saturated heterocycles. The van der Waals surface area contributed by atoms with E-state index in [1.165, 1.54) is 32.1 Å². The van der Waals surface area contributed by atoms with Crippen molar-refractivity contribution in [3.63, 3.8) is 0 Å². The van der Waals surface area contributed by atoms with Gasteiger partial charge in [-0.05, 0) is 33.9 Å². The van der Waals surface area contributed by atoms with E-state index in [4.69, 9.17) is 17.3 Å². The first-order chi connectivity index (χ1) is 9.38. The Balaban J connectivity index is 2.22. The molecule has 0 aliphatic heterocycles. The number of aryl methyl sites for hydroxylation is 2. The number of likely N-dealkylation sites (N-methyl/N-ethyl adjacent to an activating group) is 1. The van der Waals surface area contributed by atoms with Crippen molar-refractivity contribution < 1.29 is 0 Å². The topological polar surface area (TPSA) is 47.1 Å². The molecule has 0 amide bonds. The quantitative estimate of drug-likeness (QED) is 0.929. The summed E-state index contributed by atoms with van der Waals surface area (Å²) < 4.78 is 1.88. The Morgan fingerprint density at radius 3 is 2.40 bits per heavy atom. The van der Waals surface area contributed by atoms with Crippen LogP contribution in [0.5, 0.6) is 0 Å². The fourth-order valence-electron chi connectivity index (χ4n) is 3.61. The Morgan fingerprint density at radius 2 is 1.95 bits per heavy atom. The smallest absolute Gasteiger partial charge is 0.0847 e. The van der Waals surface area contributed by atoms with Gasteiger partial charge in [-0.2, -0.15) is 5.10 Å². The monoisotopic (exact) mass is 298 g/mol. The summed E-state index contributed by atoms with van der Waals surface area (Å²) in [6.07, 6.45) is 7.00. The molecule has 0 bridgehead atoms. The molecular weight excluding hydrogens is 272 g/mol. The van der Waals surface area contributed by atoms with Crippen LogP contribution in [0.2, 0.25) is 5.02 Å². The standard InChI is InChI=1S/C15H27ClN4/c1-11-14(16)12(20(4)18-11)10-13(17)15(19(2)3)8-6-5-7-9-15/h13H,5-10,17H2,1-4H3. The van der Waals surface area contributed by atoms with Crippen LogP contribution in [0.25, 0.3) is 0 Å². The third-order valence-corrected chi connectivity index (χ3v) is 5.47. The van der Waals surface area contributed by atoms with E-state index < -0.39 is 0 Å². The van der Waals surface area contributed by atoms with Crippen LogP contribution in [-0.2, 0) is 13.5 Å². The van der Waals surface area contributed by atoms with E-state index in [-0.39, 0.29) is 11.6 Å². The fourth-order valence-corrected chi connectivity index (χ4v) is 3.85. The Morgan fingerprint density at radius 1 is 1.35 bits per heavy atom. The molecule has 1 aromatic rings. The maximum absolute atomic E-state index is 6.62. The van der Waals surface area contributed by atoms with E-state index in [0.717, 1.165) is 22.8 Å². The lowest BCUT2D eigenvalue weighted by Gasteiger charge is -2.47. The second-order valence-electron chi connectivity index (χ2n) is 6.34. The van der Waals surface area contributed by atoms with E-state index in [9.17, 15) is 0 Å². The van der Waals surface area contributed by atoms with Gasteiger partial charge >= 0.3 is 0 Å². The summed E-state index contributed by atoms with van der Waals surface area (Å²) in [7, 11) is 6.26. The van der Waals surface area contributed by atoms with Crippen LogP contribution in [0.1, 0.15) is 43.5 Å². The molecule has 1 fully saturated rings. The summed E-state index contributed by atoms with van der Waals surface area (Å²) in [6, 6.07) is 0.0881. The lowest BCUT2D eigenvalue weighted by atomic mass is 9.74. The second-order valence-corrected chi connectivity index (χ2v) is 6.72. The van der Waals surface area contributed by atoms with Gasteiger partial charge in [0, 0.05) is 25.0 Å². The van der Waals surface area contributed by atoms with Gasteiger partial charge in [0.1, 0.15) is 0 Å². The molecule has 0 aromatic carbocycles. The first kappa shape index (κ1) is 15.8. The molecule has 5 heteroatoms. The largest absolute Gasteiger partial charge is 0.326 e. The first-order valence-electron chi connectivity index (χ1n) is 7.49. The van der Waals surface area contributed by atoms with Gasteiger partial charge in [-0.15, -0.1) is 0 Å². The molecule has 1 saturated carbocycles. The van der Waals surface area contributed by atoms with Crippen molar-refractivity contribution in [3.05, 3.63) is 16.4 Å². The molecule has 0 radical (unpaired) electrons. The Labute approximate surface area is 127 Å². The zero-order chi connectivity index (χ0) is 14.9. The van der Waals surface area contributed by atoms with Gasteiger partial charge in [0.05, 0.1) is 16.4 Å². The fraction of sp³-hybridized carbons (Fsp3) is 0.800. The van der Waals surface area contributed by atoms with Gasteiger partial charge in [0.15, 0.2) is 0 Å². The number of hydrogen-bond acceptors (Lipinski definition) is 3. The predicted octanol–water partition coefficient (Wildman–Crippen LogP) is 2.52. The van der Waals surface area contributed by atoms with Gasteiger partial charge in [-0.1, -0.05) is 30.9 Å². The summed E-state index contributed by atoms with van der Waals surface area (Å²) in [6.45, 7) is 1.94. The van der Waals surface area contributed by atoms with Gasteiger partial charge in [0.25, 0.3) is 0 Å². The van der Waals surface area contributed by atoms with Crippen LogP contribution in [0, 0.1) is 6.92 Å². The highest BCUT2D eigenvalue weighted by Gasteiger charge is 2.40. The third kappa shape index (κ3) is 2.74.